The third-order valence-electron chi connectivity index (χ3n) is 10.6. The zero-order valence-electron chi connectivity index (χ0n) is 45.8. The summed E-state index contributed by atoms with van der Waals surface area (Å²) in [6.07, 6.45) is 90.2. The lowest BCUT2D eigenvalue weighted by Gasteiger charge is -2.18. The van der Waals surface area contributed by atoms with Crippen LogP contribution in [0.5, 0.6) is 0 Å². The average Bonchev–Trinajstić information content (AvgIpc) is 3.39. The molecule has 1 atom stereocenters. The lowest BCUT2D eigenvalue weighted by Crippen LogP contribution is -2.30. The van der Waals surface area contributed by atoms with Crippen LogP contribution in [-0.4, -0.2) is 37.2 Å². The van der Waals surface area contributed by atoms with Crippen molar-refractivity contribution < 1.29 is 28.6 Å². The molecule has 0 saturated heterocycles. The Morgan fingerprint density at radius 2 is 0.548 bits per heavy atom. The maximum Gasteiger partial charge on any atom is 0.306 e. The minimum atomic E-state index is -0.884. The number of esters is 3. The van der Waals surface area contributed by atoms with Crippen molar-refractivity contribution in [1.29, 1.82) is 0 Å². The van der Waals surface area contributed by atoms with Crippen LogP contribution < -0.4 is 0 Å². The number of allylic oxidation sites excluding steroid dienone is 32. The standard InChI is InChI=1S/C67H98O6/c1-4-7-10-13-16-19-22-25-28-31-33-36-39-42-45-48-51-54-57-60-66(69)72-63-64(62-71-65(68)59-56-53-50-47-44-41-38-35-30-27-24-21-18-15-12-9-6-3)73-67(70)61-58-55-52-49-46-43-40-37-34-32-29-26-23-20-17-14-11-8-5-2/h7-8,10-11,16-21,25-30,33-34,36-38,41-43,45-47,50-52,54-55,64H,4-6,9,12-15,22-24,31-32,35,39-40,44,48-49,53,56-63H2,1-3H3/b10-7+,11-8+,19-16+,20-17+,21-18+,28-25+,29-26+,30-27+,36-33+,37-34+,41-38+,45-42+,46-43+,50-47+,54-51+,55-52+/t64-/m1/s1. The molecule has 6 heteroatoms. The first-order chi connectivity index (χ1) is 36.0. The third kappa shape index (κ3) is 57.0. The molecule has 0 rings (SSSR count). The summed E-state index contributed by atoms with van der Waals surface area (Å²) in [6, 6.07) is 0. The highest BCUT2D eigenvalue weighted by atomic mass is 16.6. The maximum absolute atomic E-state index is 12.8. The highest BCUT2D eigenvalue weighted by molar-refractivity contribution is 5.71. The lowest BCUT2D eigenvalue weighted by atomic mass is 10.2. The Hall–Kier alpha value is -5.75. The van der Waals surface area contributed by atoms with Crippen LogP contribution in [-0.2, 0) is 28.6 Å². The van der Waals surface area contributed by atoms with Gasteiger partial charge in [-0.15, -0.1) is 0 Å². The minimum absolute atomic E-state index is 0.165. The van der Waals surface area contributed by atoms with E-state index < -0.39 is 18.0 Å². The van der Waals surface area contributed by atoms with E-state index in [2.05, 4.69) is 191 Å². The number of unbranched alkanes of at least 4 members (excludes halogenated alkanes) is 4. The second-order valence-electron chi connectivity index (χ2n) is 17.4. The first-order valence-corrected chi connectivity index (χ1v) is 27.9. The van der Waals surface area contributed by atoms with Crippen molar-refractivity contribution in [3.8, 4) is 0 Å². The van der Waals surface area contributed by atoms with E-state index in [0.717, 1.165) is 103 Å². The van der Waals surface area contributed by atoms with Gasteiger partial charge in [0, 0.05) is 19.3 Å². The first kappa shape index (κ1) is 67.2. The number of rotatable bonds is 47. The number of carbonyl (C=O) groups is 3. The normalized spacial score (nSPS) is 13.6. The van der Waals surface area contributed by atoms with Crippen molar-refractivity contribution in [3.05, 3.63) is 194 Å². The van der Waals surface area contributed by atoms with E-state index in [4.69, 9.17) is 14.2 Å². The molecule has 0 aliphatic heterocycles. The predicted molar refractivity (Wildman–Crippen MR) is 315 cm³/mol. The van der Waals surface area contributed by atoms with Gasteiger partial charge in [0.25, 0.3) is 0 Å². The Kier molecular flexibility index (Phi) is 54.2. The fourth-order valence-corrected chi connectivity index (χ4v) is 6.48. The number of carbonyl (C=O) groups excluding carboxylic acids is 3. The zero-order chi connectivity index (χ0) is 52.9. The molecule has 0 aliphatic rings. The summed E-state index contributed by atoms with van der Waals surface area (Å²) in [6.45, 7) is 6.17. The quantitative estimate of drug-likeness (QED) is 0.0262. The molecule has 0 saturated carbocycles. The average molecular weight is 1000 g/mol. The Balaban J connectivity index is 4.75. The van der Waals surface area contributed by atoms with E-state index in [0.29, 0.717) is 19.3 Å². The first-order valence-electron chi connectivity index (χ1n) is 27.9. The van der Waals surface area contributed by atoms with Crippen LogP contribution in [0.2, 0.25) is 0 Å². The van der Waals surface area contributed by atoms with Crippen molar-refractivity contribution in [2.45, 2.75) is 194 Å². The fraction of sp³-hybridized carbons (Fsp3) is 0.478. The summed E-state index contributed by atoms with van der Waals surface area (Å²) in [7, 11) is 0. The molecular formula is C67H98O6. The second kappa shape index (κ2) is 58.8. The van der Waals surface area contributed by atoms with E-state index in [-0.39, 0.29) is 38.4 Å². The van der Waals surface area contributed by atoms with Crippen LogP contribution in [0.25, 0.3) is 0 Å². The smallest absolute Gasteiger partial charge is 0.306 e. The maximum atomic E-state index is 12.8. The third-order valence-corrected chi connectivity index (χ3v) is 10.6. The minimum Gasteiger partial charge on any atom is -0.462 e. The molecule has 0 N–H and O–H groups in total. The molecule has 73 heavy (non-hydrogen) atoms. The van der Waals surface area contributed by atoms with Crippen LogP contribution in [0.1, 0.15) is 188 Å². The van der Waals surface area contributed by atoms with Gasteiger partial charge in [0.15, 0.2) is 6.10 Å². The molecule has 0 heterocycles. The summed E-state index contributed by atoms with van der Waals surface area (Å²) in [5, 5.41) is 0. The van der Waals surface area contributed by atoms with Gasteiger partial charge in [-0.05, 0) is 135 Å². The Morgan fingerprint density at radius 1 is 0.288 bits per heavy atom. The lowest BCUT2D eigenvalue weighted by molar-refractivity contribution is -0.166. The number of hydrogen-bond donors (Lipinski definition) is 0. The fourth-order valence-electron chi connectivity index (χ4n) is 6.48. The molecule has 0 aromatic rings. The van der Waals surface area contributed by atoms with Crippen molar-refractivity contribution in [1.82, 2.24) is 0 Å². The number of hydrogen-bond acceptors (Lipinski definition) is 6. The predicted octanol–water partition coefficient (Wildman–Crippen LogP) is 19.1. The zero-order valence-corrected chi connectivity index (χ0v) is 45.8. The molecule has 0 aromatic carbocycles. The molecule has 0 aliphatic carbocycles. The van der Waals surface area contributed by atoms with Crippen LogP contribution >= 0.6 is 0 Å². The summed E-state index contributed by atoms with van der Waals surface area (Å²) >= 11 is 0. The Morgan fingerprint density at radius 3 is 0.863 bits per heavy atom. The molecule has 0 fully saturated rings. The van der Waals surface area contributed by atoms with Gasteiger partial charge in [0.05, 0.1) is 0 Å². The topological polar surface area (TPSA) is 78.9 Å². The van der Waals surface area contributed by atoms with Crippen LogP contribution in [0, 0.1) is 0 Å². The van der Waals surface area contributed by atoms with Gasteiger partial charge in [0.2, 0.25) is 0 Å². The van der Waals surface area contributed by atoms with Crippen molar-refractivity contribution in [2.75, 3.05) is 13.2 Å². The van der Waals surface area contributed by atoms with Crippen molar-refractivity contribution >= 4 is 17.9 Å². The summed E-state index contributed by atoms with van der Waals surface area (Å²) in [5.74, 6) is -1.21. The van der Waals surface area contributed by atoms with Crippen molar-refractivity contribution in [2.24, 2.45) is 0 Å². The second-order valence-corrected chi connectivity index (χ2v) is 17.4. The van der Waals surface area contributed by atoms with Crippen LogP contribution in [0.3, 0.4) is 0 Å². The molecule has 6 nitrogen and oxygen atoms in total. The van der Waals surface area contributed by atoms with Gasteiger partial charge in [-0.3, -0.25) is 14.4 Å². The molecule has 0 radical (unpaired) electrons. The summed E-state index contributed by atoms with van der Waals surface area (Å²) in [4.78, 5) is 38.1. The van der Waals surface area contributed by atoms with E-state index in [1.54, 1.807) is 0 Å². The highest BCUT2D eigenvalue weighted by Crippen LogP contribution is 2.08. The van der Waals surface area contributed by atoms with Crippen LogP contribution in [0.4, 0.5) is 0 Å². The van der Waals surface area contributed by atoms with Gasteiger partial charge < -0.3 is 14.2 Å². The van der Waals surface area contributed by atoms with E-state index in [9.17, 15) is 14.4 Å². The van der Waals surface area contributed by atoms with Gasteiger partial charge in [0.1, 0.15) is 13.2 Å². The molecule has 0 spiro atoms. The SMILES string of the molecule is CC/C=C/C/C=C/C/C=C/C/C=C/C/C=C/C/C=C/CCC(=O)OC[C@@H](COC(=O)CCC/C=C/C/C=C/C/C=C/C/C=C/CCCCC)OC(=O)CC/C=C/C/C=C/C/C=C/C/C=C/C/C=C/C/C=C/CC. The largest absolute Gasteiger partial charge is 0.462 e. The number of ether oxygens (including phenoxy) is 3. The molecule has 0 aromatic heterocycles. The van der Waals surface area contributed by atoms with Gasteiger partial charge >= 0.3 is 17.9 Å². The molecule has 0 unspecified atom stereocenters. The van der Waals surface area contributed by atoms with Gasteiger partial charge in [-0.1, -0.05) is 228 Å². The monoisotopic (exact) mass is 999 g/mol. The van der Waals surface area contributed by atoms with E-state index >= 15 is 0 Å². The Bertz CT molecular complexity index is 1810. The van der Waals surface area contributed by atoms with Gasteiger partial charge in [-0.2, -0.15) is 0 Å². The Labute approximate surface area is 446 Å². The van der Waals surface area contributed by atoms with Crippen molar-refractivity contribution in [3.63, 3.8) is 0 Å². The van der Waals surface area contributed by atoms with E-state index in [1.807, 2.05) is 24.3 Å². The van der Waals surface area contributed by atoms with E-state index in [1.165, 1.54) is 25.7 Å². The highest BCUT2D eigenvalue weighted by Gasteiger charge is 2.19. The molecule has 0 bridgehead atoms. The van der Waals surface area contributed by atoms with Crippen LogP contribution in [0.15, 0.2) is 194 Å². The summed E-state index contributed by atoms with van der Waals surface area (Å²) < 4.78 is 16.6. The summed E-state index contributed by atoms with van der Waals surface area (Å²) in [5.41, 5.74) is 0. The molecule has 402 valence electrons. The molecular weight excluding hydrogens is 901 g/mol. The van der Waals surface area contributed by atoms with Gasteiger partial charge in [-0.25, -0.2) is 0 Å². The molecule has 0 amide bonds.